The third-order valence-electron chi connectivity index (χ3n) is 2.87. The molecule has 0 aliphatic heterocycles. The van der Waals surface area contributed by atoms with E-state index in [1.54, 1.807) is 4.68 Å². The summed E-state index contributed by atoms with van der Waals surface area (Å²) in [5.41, 5.74) is 8.08. The molecule has 0 radical (unpaired) electrons. The van der Waals surface area contributed by atoms with Crippen LogP contribution in [-0.2, 0) is 13.1 Å². The molecular weight excluding hydrogens is 256 g/mol. The Labute approximate surface area is 117 Å². The fourth-order valence-electron chi connectivity index (χ4n) is 1.82. The monoisotopic (exact) mass is 274 g/mol. The van der Waals surface area contributed by atoms with E-state index < -0.39 is 6.10 Å². The van der Waals surface area contributed by atoms with E-state index in [2.05, 4.69) is 10.3 Å². The van der Waals surface area contributed by atoms with Gasteiger partial charge < -0.3 is 15.9 Å². The van der Waals surface area contributed by atoms with Crippen LogP contribution in [0.15, 0.2) is 30.3 Å². The van der Waals surface area contributed by atoms with Gasteiger partial charge in [0.2, 0.25) is 0 Å². The SMILES string of the molecule is NCc1nnn(CC(O)CO)c1/C=C/c1ccccc1. The van der Waals surface area contributed by atoms with Crippen molar-refractivity contribution < 1.29 is 10.2 Å². The predicted octanol–water partition coefficient (Wildman–Crippen LogP) is 0.260. The molecule has 2 rings (SSSR count). The molecule has 1 heterocycles. The first kappa shape index (κ1) is 14.4. The Morgan fingerprint density at radius 3 is 2.65 bits per heavy atom. The van der Waals surface area contributed by atoms with Crippen LogP contribution < -0.4 is 5.73 Å². The lowest BCUT2D eigenvalue weighted by Crippen LogP contribution is -2.21. The van der Waals surface area contributed by atoms with Crippen LogP contribution in [0.5, 0.6) is 0 Å². The van der Waals surface area contributed by atoms with Crippen LogP contribution >= 0.6 is 0 Å². The molecule has 0 aliphatic carbocycles. The molecule has 0 aliphatic rings. The lowest BCUT2D eigenvalue weighted by molar-refractivity contribution is 0.0776. The maximum Gasteiger partial charge on any atom is 0.104 e. The number of aromatic nitrogens is 3. The second kappa shape index (κ2) is 6.95. The minimum Gasteiger partial charge on any atom is -0.394 e. The van der Waals surface area contributed by atoms with Gasteiger partial charge in [-0.1, -0.05) is 41.6 Å². The minimum atomic E-state index is -0.869. The van der Waals surface area contributed by atoms with Gasteiger partial charge in [-0.3, -0.25) is 0 Å². The molecule has 20 heavy (non-hydrogen) atoms. The largest absolute Gasteiger partial charge is 0.394 e. The number of hydrogen-bond acceptors (Lipinski definition) is 5. The molecular formula is C14H18N4O2. The lowest BCUT2D eigenvalue weighted by Gasteiger charge is -2.08. The summed E-state index contributed by atoms with van der Waals surface area (Å²) in [6, 6.07) is 9.82. The Hall–Kier alpha value is -2.02. The molecule has 2 aromatic rings. The van der Waals surface area contributed by atoms with Gasteiger partial charge in [0.15, 0.2) is 0 Å². The normalized spacial score (nSPS) is 12.9. The second-order valence-corrected chi connectivity index (χ2v) is 4.39. The highest BCUT2D eigenvalue weighted by Gasteiger charge is 2.12. The molecule has 1 aromatic carbocycles. The first-order valence-electron chi connectivity index (χ1n) is 6.39. The third-order valence-corrected chi connectivity index (χ3v) is 2.87. The summed E-state index contributed by atoms with van der Waals surface area (Å²) in [6.07, 6.45) is 2.92. The van der Waals surface area contributed by atoms with Crippen LogP contribution in [0, 0.1) is 0 Å². The van der Waals surface area contributed by atoms with Gasteiger partial charge in [0, 0.05) is 6.54 Å². The zero-order valence-corrected chi connectivity index (χ0v) is 11.1. The summed E-state index contributed by atoms with van der Waals surface area (Å²) in [6.45, 7) is 0.126. The van der Waals surface area contributed by atoms with Gasteiger partial charge in [-0.25, -0.2) is 4.68 Å². The van der Waals surface area contributed by atoms with Crippen molar-refractivity contribution in [2.45, 2.75) is 19.2 Å². The highest BCUT2D eigenvalue weighted by Crippen LogP contribution is 2.11. The number of aliphatic hydroxyl groups excluding tert-OH is 2. The lowest BCUT2D eigenvalue weighted by atomic mass is 10.2. The zero-order valence-electron chi connectivity index (χ0n) is 11.1. The molecule has 0 amide bonds. The number of aliphatic hydroxyl groups is 2. The predicted molar refractivity (Wildman–Crippen MR) is 76.4 cm³/mol. The fraction of sp³-hybridized carbons (Fsp3) is 0.286. The average molecular weight is 274 g/mol. The standard InChI is InChI=1S/C14H18N4O2/c15-8-13-14(7-6-11-4-2-1-3-5-11)18(17-16-13)9-12(20)10-19/h1-7,12,19-20H,8-10,15H2/b7-6+. The zero-order chi connectivity index (χ0) is 14.4. The number of nitrogens with zero attached hydrogens (tertiary/aromatic N) is 3. The van der Waals surface area contributed by atoms with Crippen LogP contribution in [-0.4, -0.2) is 37.9 Å². The molecule has 0 saturated carbocycles. The Kier molecular flexibility index (Phi) is 5.00. The van der Waals surface area contributed by atoms with Crippen molar-refractivity contribution >= 4 is 12.2 Å². The van der Waals surface area contributed by atoms with E-state index >= 15 is 0 Å². The fourth-order valence-corrected chi connectivity index (χ4v) is 1.82. The Balaban J connectivity index is 2.24. The third kappa shape index (κ3) is 3.51. The topological polar surface area (TPSA) is 97.2 Å². The quantitative estimate of drug-likeness (QED) is 0.702. The van der Waals surface area contributed by atoms with Gasteiger partial charge in [-0.15, -0.1) is 5.10 Å². The van der Waals surface area contributed by atoms with Crippen molar-refractivity contribution in [1.29, 1.82) is 0 Å². The number of hydrogen-bond donors (Lipinski definition) is 3. The summed E-state index contributed by atoms with van der Waals surface area (Å²) in [7, 11) is 0. The first-order valence-corrected chi connectivity index (χ1v) is 6.39. The molecule has 0 fully saturated rings. The van der Waals surface area contributed by atoms with Gasteiger partial charge in [0.1, 0.15) is 5.69 Å². The maximum absolute atomic E-state index is 9.51. The molecule has 1 atom stereocenters. The number of benzene rings is 1. The van der Waals surface area contributed by atoms with E-state index in [0.29, 0.717) is 5.69 Å². The van der Waals surface area contributed by atoms with Crippen molar-refractivity contribution in [1.82, 2.24) is 15.0 Å². The molecule has 4 N–H and O–H groups in total. The van der Waals surface area contributed by atoms with Gasteiger partial charge in [0.25, 0.3) is 0 Å². The molecule has 0 bridgehead atoms. The molecule has 106 valence electrons. The highest BCUT2D eigenvalue weighted by atomic mass is 16.3. The smallest absolute Gasteiger partial charge is 0.104 e. The van der Waals surface area contributed by atoms with Gasteiger partial charge in [0.05, 0.1) is 24.9 Å². The first-order chi connectivity index (χ1) is 9.74. The van der Waals surface area contributed by atoms with Gasteiger partial charge in [-0.2, -0.15) is 0 Å². The summed E-state index contributed by atoms with van der Waals surface area (Å²) < 4.78 is 1.54. The summed E-state index contributed by atoms with van der Waals surface area (Å²) in [4.78, 5) is 0. The van der Waals surface area contributed by atoms with Crippen LogP contribution in [0.25, 0.3) is 12.2 Å². The van der Waals surface area contributed by atoms with Crippen LogP contribution in [0.2, 0.25) is 0 Å². The number of nitrogens with two attached hydrogens (primary N) is 1. The molecule has 0 spiro atoms. The van der Waals surface area contributed by atoms with E-state index in [4.69, 9.17) is 10.8 Å². The van der Waals surface area contributed by atoms with E-state index in [1.807, 2.05) is 42.5 Å². The van der Waals surface area contributed by atoms with Crippen LogP contribution in [0.1, 0.15) is 17.0 Å². The van der Waals surface area contributed by atoms with Crippen molar-refractivity contribution in [3.63, 3.8) is 0 Å². The van der Waals surface area contributed by atoms with Crippen molar-refractivity contribution in [3.8, 4) is 0 Å². The van der Waals surface area contributed by atoms with Crippen LogP contribution in [0.3, 0.4) is 0 Å². The Morgan fingerprint density at radius 1 is 1.25 bits per heavy atom. The van der Waals surface area contributed by atoms with Gasteiger partial charge in [-0.05, 0) is 11.6 Å². The Morgan fingerprint density at radius 2 is 2.00 bits per heavy atom. The van der Waals surface area contributed by atoms with Crippen molar-refractivity contribution in [2.24, 2.45) is 5.73 Å². The van der Waals surface area contributed by atoms with E-state index in [-0.39, 0.29) is 19.7 Å². The van der Waals surface area contributed by atoms with Crippen LogP contribution in [0.4, 0.5) is 0 Å². The van der Waals surface area contributed by atoms with Crippen molar-refractivity contribution in [3.05, 3.63) is 47.3 Å². The highest BCUT2D eigenvalue weighted by molar-refractivity contribution is 5.68. The van der Waals surface area contributed by atoms with E-state index in [9.17, 15) is 5.11 Å². The maximum atomic E-state index is 9.51. The Bertz CT molecular complexity index is 566. The summed E-state index contributed by atoms with van der Waals surface area (Å²) >= 11 is 0. The average Bonchev–Trinajstić information content (AvgIpc) is 2.88. The van der Waals surface area contributed by atoms with E-state index in [0.717, 1.165) is 11.3 Å². The molecule has 1 aromatic heterocycles. The van der Waals surface area contributed by atoms with Crippen molar-refractivity contribution in [2.75, 3.05) is 6.61 Å². The molecule has 1 unspecified atom stereocenters. The minimum absolute atomic E-state index is 0.179. The summed E-state index contributed by atoms with van der Waals surface area (Å²) in [5.74, 6) is 0. The second-order valence-electron chi connectivity index (χ2n) is 4.39. The van der Waals surface area contributed by atoms with E-state index in [1.165, 1.54) is 0 Å². The summed E-state index contributed by atoms with van der Waals surface area (Å²) in [5, 5.41) is 26.3. The van der Waals surface area contributed by atoms with Gasteiger partial charge >= 0.3 is 0 Å². The molecule has 0 saturated heterocycles. The number of rotatable bonds is 6. The molecule has 6 heteroatoms. The molecule has 6 nitrogen and oxygen atoms in total.